The summed E-state index contributed by atoms with van der Waals surface area (Å²) in [7, 11) is 0. The highest BCUT2D eigenvalue weighted by molar-refractivity contribution is 5.21. The molecule has 2 aromatic carbocycles. The Morgan fingerprint density at radius 2 is 1.75 bits per heavy atom. The molecule has 0 aliphatic heterocycles. The number of hydrogen-bond acceptors (Lipinski definition) is 3. The van der Waals surface area contributed by atoms with E-state index in [1.165, 1.54) is 11.1 Å². The Hall–Kier alpha value is -2.66. The second-order valence-corrected chi connectivity index (χ2v) is 7.14. The van der Waals surface area contributed by atoms with Crippen molar-refractivity contribution in [1.29, 1.82) is 0 Å². The van der Waals surface area contributed by atoms with Crippen molar-refractivity contribution >= 4 is 0 Å². The van der Waals surface area contributed by atoms with Crippen LogP contribution >= 0.6 is 0 Å². The molecule has 0 aliphatic rings. The van der Waals surface area contributed by atoms with Crippen LogP contribution in [0.1, 0.15) is 42.3 Å². The minimum atomic E-state index is -0.0253. The molecule has 0 N–H and O–H groups in total. The van der Waals surface area contributed by atoms with Crippen LogP contribution in [0.4, 0.5) is 0 Å². The predicted octanol–water partition coefficient (Wildman–Crippen LogP) is 3.96. The summed E-state index contributed by atoms with van der Waals surface area (Å²) in [6, 6.07) is 18.4. The standard InChI is InChI=1S/C23H29N3O2/c1-3-15-25-22(10-7-16-28-18-21-8-5-4-6-9-21)24-26(23(25)27)17-20-13-11-19(2)12-14-20/h4-6,8-9,11-14H,3,7,10,15-18H2,1-2H3. The summed E-state index contributed by atoms with van der Waals surface area (Å²) in [6.45, 7) is 6.62. The number of benzene rings is 2. The lowest BCUT2D eigenvalue weighted by molar-refractivity contribution is 0.118. The summed E-state index contributed by atoms with van der Waals surface area (Å²) < 4.78 is 9.16. The lowest BCUT2D eigenvalue weighted by Crippen LogP contribution is -2.26. The maximum absolute atomic E-state index is 12.8. The summed E-state index contributed by atoms with van der Waals surface area (Å²) in [5, 5.41) is 4.61. The van der Waals surface area contributed by atoms with Gasteiger partial charge in [0.05, 0.1) is 13.2 Å². The topological polar surface area (TPSA) is 49.0 Å². The SMILES string of the molecule is CCCn1c(CCCOCc2ccccc2)nn(Cc2ccc(C)cc2)c1=O. The first-order chi connectivity index (χ1) is 13.7. The molecule has 0 spiro atoms. The average molecular weight is 380 g/mol. The lowest BCUT2D eigenvalue weighted by atomic mass is 10.1. The highest BCUT2D eigenvalue weighted by Gasteiger charge is 2.13. The predicted molar refractivity (Wildman–Crippen MR) is 111 cm³/mol. The zero-order valence-electron chi connectivity index (χ0n) is 16.8. The fraction of sp³-hybridized carbons (Fsp3) is 0.391. The highest BCUT2D eigenvalue weighted by Crippen LogP contribution is 2.07. The number of nitrogens with zero attached hydrogens (tertiary/aromatic N) is 3. The van der Waals surface area contributed by atoms with Crippen molar-refractivity contribution < 1.29 is 4.74 Å². The quantitative estimate of drug-likeness (QED) is 0.501. The molecule has 0 saturated heterocycles. The Labute approximate surface area is 166 Å². The van der Waals surface area contributed by atoms with Crippen molar-refractivity contribution in [3.63, 3.8) is 0 Å². The largest absolute Gasteiger partial charge is 0.377 e. The lowest BCUT2D eigenvalue weighted by Gasteiger charge is -2.05. The molecule has 28 heavy (non-hydrogen) atoms. The van der Waals surface area contributed by atoms with Gasteiger partial charge in [-0.1, -0.05) is 67.1 Å². The van der Waals surface area contributed by atoms with Crippen LogP contribution in [0.15, 0.2) is 59.4 Å². The first-order valence-electron chi connectivity index (χ1n) is 10.0. The Kier molecular flexibility index (Phi) is 7.20. The molecule has 1 aromatic heterocycles. The van der Waals surface area contributed by atoms with Crippen molar-refractivity contribution in [3.05, 3.63) is 87.6 Å². The van der Waals surface area contributed by atoms with Crippen molar-refractivity contribution in [2.24, 2.45) is 0 Å². The van der Waals surface area contributed by atoms with Gasteiger partial charge in [0.1, 0.15) is 5.82 Å². The van der Waals surface area contributed by atoms with Gasteiger partial charge < -0.3 is 4.74 Å². The summed E-state index contributed by atoms with van der Waals surface area (Å²) >= 11 is 0. The van der Waals surface area contributed by atoms with Gasteiger partial charge in [0.15, 0.2) is 0 Å². The molecule has 1 heterocycles. The van der Waals surface area contributed by atoms with Crippen LogP contribution in [0.2, 0.25) is 0 Å². The van der Waals surface area contributed by atoms with Crippen LogP contribution in [0, 0.1) is 6.92 Å². The van der Waals surface area contributed by atoms with E-state index in [0.29, 0.717) is 26.3 Å². The summed E-state index contributed by atoms with van der Waals surface area (Å²) in [4.78, 5) is 12.8. The van der Waals surface area contributed by atoms with Gasteiger partial charge in [-0.3, -0.25) is 4.57 Å². The first-order valence-corrected chi connectivity index (χ1v) is 10.0. The van der Waals surface area contributed by atoms with Crippen LogP contribution in [-0.2, 0) is 30.9 Å². The van der Waals surface area contributed by atoms with E-state index in [2.05, 4.69) is 55.3 Å². The number of aromatic nitrogens is 3. The van der Waals surface area contributed by atoms with Gasteiger partial charge in [0.2, 0.25) is 0 Å². The maximum atomic E-state index is 12.8. The van der Waals surface area contributed by atoms with E-state index in [1.54, 1.807) is 4.68 Å². The molecule has 0 saturated carbocycles. The van der Waals surface area contributed by atoms with Crippen LogP contribution in [0.5, 0.6) is 0 Å². The van der Waals surface area contributed by atoms with Crippen molar-refractivity contribution in [2.75, 3.05) is 6.61 Å². The fourth-order valence-electron chi connectivity index (χ4n) is 3.19. The Balaban J connectivity index is 1.59. The summed E-state index contributed by atoms with van der Waals surface area (Å²) in [6.07, 6.45) is 2.50. The molecular weight excluding hydrogens is 350 g/mol. The third-order valence-electron chi connectivity index (χ3n) is 4.70. The van der Waals surface area contributed by atoms with Gasteiger partial charge in [-0.15, -0.1) is 0 Å². The number of ether oxygens (including phenoxy) is 1. The smallest absolute Gasteiger partial charge is 0.346 e. The molecule has 0 amide bonds. The molecule has 0 unspecified atom stereocenters. The molecule has 0 bridgehead atoms. The molecule has 0 aliphatic carbocycles. The molecule has 5 heteroatoms. The molecule has 0 radical (unpaired) electrons. The van der Waals surface area contributed by atoms with Crippen LogP contribution in [0.3, 0.4) is 0 Å². The van der Waals surface area contributed by atoms with Crippen molar-refractivity contribution in [2.45, 2.75) is 52.8 Å². The summed E-state index contributed by atoms with van der Waals surface area (Å²) in [5.41, 5.74) is 3.45. The molecule has 3 rings (SSSR count). The van der Waals surface area contributed by atoms with E-state index < -0.39 is 0 Å². The number of rotatable bonds is 10. The number of hydrogen-bond donors (Lipinski definition) is 0. The van der Waals surface area contributed by atoms with E-state index in [1.807, 2.05) is 22.8 Å². The van der Waals surface area contributed by atoms with E-state index in [4.69, 9.17) is 4.74 Å². The maximum Gasteiger partial charge on any atom is 0.346 e. The molecule has 148 valence electrons. The van der Waals surface area contributed by atoms with Crippen molar-refractivity contribution in [3.8, 4) is 0 Å². The van der Waals surface area contributed by atoms with Gasteiger partial charge in [-0.25, -0.2) is 9.48 Å². The van der Waals surface area contributed by atoms with Gasteiger partial charge in [-0.2, -0.15) is 5.10 Å². The second kappa shape index (κ2) is 10.0. The van der Waals surface area contributed by atoms with Gasteiger partial charge in [-0.05, 0) is 30.9 Å². The van der Waals surface area contributed by atoms with Crippen LogP contribution in [-0.4, -0.2) is 21.0 Å². The average Bonchev–Trinajstić information content (AvgIpc) is 3.00. The van der Waals surface area contributed by atoms with Crippen LogP contribution in [0.25, 0.3) is 0 Å². The Bertz CT molecular complexity index is 911. The summed E-state index contributed by atoms with van der Waals surface area (Å²) in [5.74, 6) is 0.849. The van der Waals surface area contributed by atoms with E-state index >= 15 is 0 Å². The normalized spacial score (nSPS) is 11.1. The zero-order valence-corrected chi connectivity index (χ0v) is 16.8. The fourth-order valence-corrected chi connectivity index (χ4v) is 3.19. The third kappa shape index (κ3) is 5.42. The van der Waals surface area contributed by atoms with E-state index in [-0.39, 0.29) is 5.69 Å². The molecular formula is C23H29N3O2. The van der Waals surface area contributed by atoms with E-state index in [0.717, 1.165) is 30.7 Å². The molecule has 3 aromatic rings. The molecule has 0 fully saturated rings. The van der Waals surface area contributed by atoms with Gasteiger partial charge >= 0.3 is 5.69 Å². The van der Waals surface area contributed by atoms with E-state index in [9.17, 15) is 4.79 Å². The second-order valence-electron chi connectivity index (χ2n) is 7.14. The first kappa shape index (κ1) is 20.1. The minimum Gasteiger partial charge on any atom is -0.377 e. The minimum absolute atomic E-state index is 0.0253. The molecule has 5 nitrogen and oxygen atoms in total. The third-order valence-corrected chi connectivity index (χ3v) is 4.70. The highest BCUT2D eigenvalue weighted by atomic mass is 16.5. The Morgan fingerprint density at radius 3 is 2.46 bits per heavy atom. The van der Waals surface area contributed by atoms with Gasteiger partial charge in [0.25, 0.3) is 0 Å². The monoisotopic (exact) mass is 379 g/mol. The molecule has 0 atom stereocenters. The van der Waals surface area contributed by atoms with Gasteiger partial charge in [0, 0.05) is 19.6 Å². The number of aryl methyl sites for hydroxylation is 2. The van der Waals surface area contributed by atoms with Crippen LogP contribution < -0.4 is 5.69 Å². The zero-order chi connectivity index (χ0) is 19.8. The van der Waals surface area contributed by atoms with Crippen molar-refractivity contribution in [1.82, 2.24) is 14.3 Å². The Morgan fingerprint density at radius 1 is 1.00 bits per heavy atom.